The lowest BCUT2D eigenvalue weighted by atomic mass is 9.80. The first-order chi connectivity index (χ1) is 5.22. The zero-order valence-corrected chi connectivity index (χ0v) is 6.64. The van der Waals surface area contributed by atoms with Crippen molar-refractivity contribution in [1.29, 1.82) is 0 Å². The smallest absolute Gasteiger partial charge is 0.0445 e. The summed E-state index contributed by atoms with van der Waals surface area (Å²) in [6.07, 6.45) is 6.67. The quantitative estimate of drug-likeness (QED) is 0.556. The van der Waals surface area contributed by atoms with Gasteiger partial charge in [0.15, 0.2) is 0 Å². The lowest BCUT2D eigenvalue weighted by Gasteiger charge is -2.28. The van der Waals surface area contributed by atoms with Crippen LogP contribution in [0, 0.1) is 11.3 Å². The molecule has 0 saturated heterocycles. The molecule has 0 aliphatic heterocycles. The van der Waals surface area contributed by atoms with Crippen molar-refractivity contribution < 1.29 is 9.90 Å². The highest BCUT2D eigenvalue weighted by molar-refractivity contribution is 5.67. The summed E-state index contributed by atoms with van der Waals surface area (Å²) >= 11 is 0. The Morgan fingerprint density at radius 2 is 1.73 bits per heavy atom. The van der Waals surface area contributed by atoms with Gasteiger partial charge in [-0.1, -0.05) is 0 Å². The second-order valence-electron chi connectivity index (χ2n) is 4.09. The zero-order chi connectivity index (χ0) is 7.90. The van der Waals surface area contributed by atoms with E-state index in [0.29, 0.717) is 5.41 Å². The molecular formula is C9H13O2-. The van der Waals surface area contributed by atoms with Gasteiger partial charge in [0.25, 0.3) is 0 Å². The van der Waals surface area contributed by atoms with Crippen LogP contribution >= 0.6 is 0 Å². The molecule has 1 spiro atoms. The number of carboxylic acids is 1. The van der Waals surface area contributed by atoms with Crippen LogP contribution in [0.2, 0.25) is 0 Å². The third kappa shape index (κ3) is 1.26. The number of rotatable bonds is 1. The van der Waals surface area contributed by atoms with Crippen LogP contribution in [-0.4, -0.2) is 5.97 Å². The molecule has 0 radical (unpaired) electrons. The summed E-state index contributed by atoms with van der Waals surface area (Å²) < 4.78 is 0. The Bertz CT molecular complexity index is 172. The van der Waals surface area contributed by atoms with Gasteiger partial charge in [0, 0.05) is 5.97 Å². The SMILES string of the molecule is O=C([O-])C1CCC2(CC1)CC2. The van der Waals surface area contributed by atoms with Crippen molar-refractivity contribution in [1.82, 2.24) is 0 Å². The van der Waals surface area contributed by atoms with E-state index in [1.807, 2.05) is 0 Å². The highest BCUT2D eigenvalue weighted by Gasteiger charge is 2.44. The standard InChI is InChI=1S/C9H14O2/c10-8(11)7-1-3-9(4-2-7)5-6-9/h7H,1-6H2,(H,10,11)/p-1. The Hall–Kier alpha value is -0.530. The van der Waals surface area contributed by atoms with Crippen LogP contribution in [0.4, 0.5) is 0 Å². The van der Waals surface area contributed by atoms with E-state index in [9.17, 15) is 9.90 Å². The second kappa shape index (κ2) is 2.23. The van der Waals surface area contributed by atoms with Crippen molar-refractivity contribution in [2.45, 2.75) is 38.5 Å². The van der Waals surface area contributed by atoms with Crippen molar-refractivity contribution in [2.24, 2.45) is 11.3 Å². The topological polar surface area (TPSA) is 40.1 Å². The predicted molar refractivity (Wildman–Crippen MR) is 38.6 cm³/mol. The molecule has 0 heterocycles. The maximum absolute atomic E-state index is 10.5. The summed E-state index contributed by atoms with van der Waals surface area (Å²) in [5.74, 6) is -0.971. The molecule has 0 atom stereocenters. The number of carbonyl (C=O) groups excluding carboxylic acids is 1. The van der Waals surface area contributed by atoms with Gasteiger partial charge < -0.3 is 9.90 Å². The van der Waals surface area contributed by atoms with Gasteiger partial charge in [0.05, 0.1) is 0 Å². The number of carbonyl (C=O) groups is 1. The fourth-order valence-corrected chi connectivity index (χ4v) is 2.14. The number of aliphatic carboxylic acids is 1. The first-order valence-electron chi connectivity index (χ1n) is 4.43. The van der Waals surface area contributed by atoms with Crippen LogP contribution in [0.1, 0.15) is 38.5 Å². The van der Waals surface area contributed by atoms with Crippen molar-refractivity contribution in [3.05, 3.63) is 0 Å². The molecule has 0 unspecified atom stereocenters. The summed E-state index contributed by atoms with van der Waals surface area (Å²) in [4.78, 5) is 10.5. The Labute approximate surface area is 66.6 Å². The lowest BCUT2D eigenvalue weighted by Crippen LogP contribution is -2.34. The van der Waals surface area contributed by atoms with E-state index in [-0.39, 0.29) is 5.92 Å². The van der Waals surface area contributed by atoms with Crippen LogP contribution in [0.15, 0.2) is 0 Å². The van der Waals surface area contributed by atoms with E-state index in [1.54, 1.807) is 0 Å². The lowest BCUT2D eigenvalue weighted by molar-refractivity contribution is -0.312. The minimum Gasteiger partial charge on any atom is -0.550 e. The molecule has 0 aromatic heterocycles. The van der Waals surface area contributed by atoms with Gasteiger partial charge in [-0.2, -0.15) is 0 Å². The Balaban J connectivity index is 1.89. The van der Waals surface area contributed by atoms with Crippen molar-refractivity contribution >= 4 is 5.97 Å². The molecule has 2 rings (SSSR count). The molecule has 2 fully saturated rings. The fourth-order valence-electron chi connectivity index (χ4n) is 2.14. The molecular weight excluding hydrogens is 140 g/mol. The van der Waals surface area contributed by atoms with E-state index >= 15 is 0 Å². The van der Waals surface area contributed by atoms with E-state index in [2.05, 4.69) is 0 Å². The monoisotopic (exact) mass is 153 g/mol. The molecule has 62 valence electrons. The minimum atomic E-state index is -0.833. The van der Waals surface area contributed by atoms with Crippen LogP contribution in [0.3, 0.4) is 0 Å². The maximum atomic E-state index is 10.5. The van der Waals surface area contributed by atoms with Crippen LogP contribution < -0.4 is 5.11 Å². The first-order valence-corrected chi connectivity index (χ1v) is 4.43. The van der Waals surface area contributed by atoms with E-state index in [4.69, 9.17) is 0 Å². The van der Waals surface area contributed by atoms with Crippen LogP contribution in [0.5, 0.6) is 0 Å². The van der Waals surface area contributed by atoms with E-state index in [0.717, 1.165) is 25.7 Å². The molecule has 11 heavy (non-hydrogen) atoms. The van der Waals surface area contributed by atoms with Crippen molar-refractivity contribution in [3.63, 3.8) is 0 Å². The van der Waals surface area contributed by atoms with Gasteiger partial charge in [-0.3, -0.25) is 0 Å². The first kappa shape index (κ1) is 7.14. The second-order valence-corrected chi connectivity index (χ2v) is 4.09. The molecule has 2 nitrogen and oxygen atoms in total. The van der Waals surface area contributed by atoms with Crippen LogP contribution in [0.25, 0.3) is 0 Å². The van der Waals surface area contributed by atoms with Crippen molar-refractivity contribution in [3.8, 4) is 0 Å². The molecule has 0 aromatic carbocycles. The Morgan fingerprint density at radius 1 is 1.18 bits per heavy atom. The summed E-state index contributed by atoms with van der Waals surface area (Å²) in [6, 6.07) is 0. The molecule has 2 saturated carbocycles. The van der Waals surface area contributed by atoms with Gasteiger partial charge in [-0.15, -0.1) is 0 Å². The number of hydrogen-bond donors (Lipinski definition) is 0. The minimum absolute atomic E-state index is 0.138. The van der Waals surface area contributed by atoms with Gasteiger partial charge in [0.2, 0.25) is 0 Å². The van der Waals surface area contributed by atoms with Gasteiger partial charge >= 0.3 is 0 Å². The molecule has 2 aliphatic carbocycles. The van der Waals surface area contributed by atoms with Crippen molar-refractivity contribution in [2.75, 3.05) is 0 Å². The summed E-state index contributed by atoms with van der Waals surface area (Å²) in [6.45, 7) is 0. The van der Waals surface area contributed by atoms with Crippen LogP contribution in [-0.2, 0) is 4.79 Å². The summed E-state index contributed by atoms with van der Waals surface area (Å²) in [5.41, 5.74) is 0.603. The molecule has 0 aromatic rings. The zero-order valence-electron chi connectivity index (χ0n) is 6.64. The van der Waals surface area contributed by atoms with E-state index < -0.39 is 5.97 Å². The third-order valence-corrected chi connectivity index (χ3v) is 3.34. The Morgan fingerprint density at radius 3 is 2.09 bits per heavy atom. The largest absolute Gasteiger partial charge is 0.550 e. The third-order valence-electron chi connectivity index (χ3n) is 3.34. The highest BCUT2D eigenvalue weighted by atomic mass is 16.4. The fraction of sp³-hybridized carbons (Fsp3) is 0.889. The number of carboxylic acid groups (broad SMARTS) is 1. The van der Waals surface area contributed by atoms with Gasteiger partial charge in [-0.05, 0) is 49.9 Å². The summed E-state index contributed by atoms with van der Waals surface area (Å²) in [7, 11) is 0. The molecule has 2 aliphatic rings. The average molecular weight is 153 g/mol. The van der Waals surface area contributed by atoms with Gasteiger partial charge in [-0.25, -0.2) is 0 Å². The maximum Gasteiger partial charge on any atom is 0.0445 e. The molecule has 0 bridgehead atoms. The average Bonchev–Trinajstić information content (AvgIpc) is 2.70. The van der Waals surface area contributed by atoms with E-state index in [1.165, 1.54) is 12.8 Å². The summed E-state index contributed by atoms with van der Waals surface area (Å²) in [5, 5.41) is 10.5. The Kier molecular flexibility index (Phi) is 1.44. The molecule has 0 amide bonds. The number of hydrogen-bond acceptors (Lipinski definition) is 2. The predicted octanol–water partition coefficient (Wildman–Crippen LogP) is 0.707. The highest BCUT2D eigenvalue weighted by Crippen LogP contribution is 2.56. The van der Waals surface area contributed by atoms with Gasteiger partial charge in [0.1, 0.15) is 0 Å². The molecule has 2 heteroatoms. The molecule has 0 N–H and O–H groups in total. The normalized spacial score (nSPS) is 28.7.